The van der Waals surface area contributed by atoms with Crippen LogP contribution in [0.2, 0.25) is 0 Å². The van der Waals surface area contributed by atoms with Gasteiger partial charge in [-0.05, 0) is 43.5 Å². The van der Waals surface area contributed by atoms with Crippen LogP contribution in [0.5, 0.6) is 5.75 Å². The zero-order valence-corrected chi connectivity index (χ0v) is 32.7. The first kappa shape index (κ1) is 43.1. The van der Waals surface area contributed by atoms with Crippen molar-refractivity contribution in [3.05, 3.63) is 48.2 Å². The second-order valence-electron chi connectivity index (χ2n) is 14.1. The van der Waals surface area contributed by atoms with Crippen LogP contribution in [0.3, 0.4) is 0 Å². The molecule has 0 amide bonds. The highest BCUT2D eigenvalue weighted by Crippen LogP contribution is 2.47. The maximum absolute atomic E-state index is 13.0. The van der Waals surface area contributed by atoms with Gasteiger partial charge in [-0.25, -0.2) is 19.0 Å². The highest BCUT2D eigenvalue weighted by Gasteiger charge is 2.44. The molecule has 296 valence electrons. The van der Waals surface area contributed by atoms with E-state index in [1.165, 1.54) is 102 Å². The van der Waals surface area contributed by atoms with Crippen molar-refractivity contribution in [2.75, 3.05) is 32.2 Å². The fraction of sp³-hybridized carbons (Fsp3) is 0.667. The Balaban J connectivity index is 1.14. The van der Waals surface area contributed by atoms with E-state index < -0.39 is 32.2 Å². The predicted octanol–water partition coefficient (Wildman–Crippen LogP) is 8.55. The number of ether oxygens (including phenoxy) is 3. The Morgan fingerprint density at radius 1 is 0.944 bits per heavy atom. The SMILES string of the molecule is CCCCCCCCCCCCCCCCCCOC[C@H](COP(=O)(O)OC[C@]1(C#N)CC[C@H](c2ccc3c(N)ncnn23)O1)Oc1ccc(C#N)nc1. The van der Waals surface area contributed by atoms with E-state index in [0.717, 1.165) is 19.3 Å². The summed E-state index contributed by atoms with van der Waals surface area (Å²) in [5.41, 5.74) is 5.99. The molecule has 3 aromatic rings. The van der Waals surface area contributed by atoms with E-state index in [4.69, 9.17) is 34.3 Å². The van der Waals surface area contributed by atoms with E-state index >= 15 is 0 Å². The van der Waals surface area contributed by atoms with Gasteiger partial charge in [0, 0.05) is 6.61 Å². The Morgan fingerprint density at radius 3 is 2.22 bits per heavy atom. The first-order chi connectivity index (χ1) is 26.3. The smallest absolute Gasteiger partial charge is 0.472 e. The maximum atomic E-state index is 13.0. The zero-order chi connectivity index (χ0) is 38.5. The van der Waals surface area contributed by atoms with Crippen molar-refractivity contribution in [2.45, 2.75) is 140 Å². The normalized spacial score (nSPS) is 18.6. The molecule has 1 aliphatic rings. The van der Waals surface area contributed by atoms with E-state index in [1.54, 1.807) is 22.7 Å². The van der Waals surface area contributed by atoms with Crippen LogP contribution in [-0.2, 0) is 23.1 Å². The minimum atomic E-state index is -4.64. The lowest BCUT2D eigenvalue weighted by atomic mass is 10.0. The average molecular weight is 768 g/mol. The van der Waals surface area contributed by atoms with Crippen LogP contribution >= 0.6 is 7.82 Å². The highest BCUT2D eigenvalue weighted by molar-refractivity contribution is 7.47. The van der Waals surface area contributed by atoms with Crippen LogP contribution in [0.25, 0.3) is 5.52 Å². The predicted molar refractivity (Wildman–Crippen MR) is 204 cm³/mol. The number of fused-ring (bicyclic) bond motifs is 1. The van der Waals surface area contributed by atoms with Crippen LogP contribution in [0.1, 0.15) is 140 Å². The summed E-state index contributed by atoms with van der Waals surface area (Å²) in [7, 11) is -4.64. The molecule has 1 aliphatic heterocycles. The van der Waals surface area contributed by atoms with Crippen molar-refractivity contribution in [1.82, 2.24) is 19.6 Å². The minimum Gasteiger partial charge on any atom is -0.484 e. The molecule has 1 unspecified atom stereocenters. The van der Waals surface area contributed by atoms with Crippen LogP contribution < -0.4 is 10.5 Å². The monoisotopic (exact) mass is 767 g/mol. The number of nitriles is 2. The number of nitrogens with zero attached hydrogens (tertiary/aromatic N) is 6. The number of nitrogen functional groups attached to an aromatic ring is 1. The van der Waals surface area contributed by atoms with E-state index in [2.05, 4.69) is 28.1 Å². The third-order valence-electron chi connectivity index (χ3n) is 9.71. The molecule has 1 fully saturated rings. The maximum Gasteiger partial charge on any atom is 0.472 e. The molecule has 14 nitrogen and oxygen atoms in total. The molecule has 4 heterocycles. The molecule has 4 atom stereocenters. The van der Waals surface area contributed by atoms with Crippen molar-refractivity contribution in [3.8, 4) is 17.9 Å². The molecule has 15 heteroatoms. The number of phosphoric acid groups is 1. The van der Waals surface area contributed by atoms with Crippen LogP contribution in [0.4, 0.5) is 5.82 Å². The molecular formula is C39H58N7O7P. The molecular weight excluding hydrogens is 709 g/mol. The summed E-state index contributed by atoms with van der Waals surface area (Å²) in [5.74, 6) is 0.659. The Hall–Kier alpha value is -3.62. The Bertz CT molecular complexity index is 1660. The lowest BCUT2D eigenvalue weighted by Crippen LogP contribution is -2.32. The van der Waals surface area contributed by atoms with Gasteiger partial charge >= 0.3 is 7.82 Å². The number of hydrogen-bond donors (Lipinski definition) is 2. The summed E-state index contributed by atoms with van der Waals surface area (Å²) in [4.78, 5) is 18.6. The Morgan fingerprint density at radius 2 is 1.61 bits per heavy atom. The number of pyridine rings is 1. The number of nitrogens with two attached hydrogens (primary N) is 1. The summed E-state index contributed by atoms with van der Waals surface area (Å²) in [6, 6.07) is 10.7. The van der Waals surface area contributed by atoms with Gasteiger partial charge < -0.3 is 24.8 Å². The lowest BCUT2D eigenvalue weighted by molar-refractivity contribution is -0.0425. The van der Waals surface area contributed by atoms with Gasteiger partial charge in [-0.1, -0.05) is 103 Å². The van der Waals surface area contributed by atoms with Crippen molar-refractivity contribution >= 4 is 19.2 Å². The minimum absolute atomic E-state index is 0.0883. The largest absolute Gasteiger partial charge is 0.484 e. The lowest BCUT2D eigenvalue weighted by Gasteiger charge is -2.24. The summed E-state index contributed by atoms with van der Waals surface area (Å²) in [5, 5.41) is 23.3. The van der Waals surface area contributed by atoms with Gasteiger partial charge in [-0.3, -0.25) is 9.05 Å². The fourth-order valence-corrected chi connectivity index (χ4v) is 7.39. The van der Waals surface area contributed by atoms with E-state index in [9.17, 15) is 14.7 Å². The fourth-order valence-electron chi connectivity index (χ4n) is 6.59. The molecule has 0 bridgehead atoms. The van der Waals surface area contributed by atoms with Gasteiger partial charge in [0.1, 0.15) is 54.2 Å². The number of anilines is 1. The van der Waals surface area contributed by atoms with E-state index in [0.29, 0.717) is 35.8 Å². The molecule has 1 saturated heterocycles. The number of rotatable bonds is 28. The molecule has 3 N–H and O–H groups in total. The third kappa shape index (κ3) is 14.6. The van der Waals surface area contributed by atoms with Gasteiger partial charge in [0.25, 0.3) is 0 Å². The Kier molecular flexibility index (Phi) is 18.6. The first-order valence-electron chi connectivity index (χ1n) is 19.7. The van der Waals surface area contributed by atoms with Crippen molar-refractivity contribution in [2.24, 2.45) is 0 Å². The van der Waals surface area contributed by atoms with Crippen molar-refractivity contribution < 1.29 is 32.7 Å². The summed E-state index contributed by atoms with van der Waals surface area (Å²) >= 11 is 0. The van der Waals surface area contributed by atoms with Gasteiger partial charge in [-0.15, -0.1) is 0 Å². The van der Waals surface area contributed by atoms with Gasteiger partial charge in [0.15, 0.2) is 11.4 Å². The molecule has 0 radical (unpaired) electrons. The number of hydrogen-bond acceptors (Lipinski definition) is 12. The quantitative estimate of drug-likeness (QED) is 0.0526. The van der Waals surface area contributed by atoms with Gasteiger partial charge in [0.2, 0.25) is 0 Å². The third-order valence-corrected chi connectivity index (χ3v) is 10.6. The standard InChI is InChI=1S/C39H58N7O7P/c1-2-3-4-5-6-7-8-9-10-11-12-13-14-15-16-17-24-49-27-34(52-33-19-18-32(25-40)43-26-33)28-50-54(47,48)51-30-39(29-41)23-22-37(53-39)35-20-21-36-38(42)44-31-45-46(35)36/h18-21,26,31,34,37H,2-17,22-24,27-28,30H2,1H3,(H,47,48)(H2,42,44,45)/t34-,37-,39-/m1/s1. The van der Waals surface area contributed by atoms with Gasteiger partial charge in [-0.2, -0.15) is 15.6 Å². The number of aromatic nitrogens is 4. The average Bonchev–Trinajstić information content (AvgIpc) is 3.82. The second-order valence-corrected chi connectivity index (χ2v) is 15.6. The van der Waals surface area contributed by atoms with Gasteiger partial charge in [0.05, 0.1) is 25.1 Å². The molecule has 0 aromatic carbocycles. The summed E-state index contributed by atoms with van der Waals surface area (Å²) < 4.78 is 43.2. The highest BCUT2D eigenvalue weighted by atomic mass is 31.2. The second kappa shape index (κ2) is 23.3. The molecule has 4 rings (SSSR count). The molecule has 0 spiro atoms. The molecule has 3 aromatic heterocycles. The van der Waals surface area contributed by atoms with Crippen molar-refractivity contribution in [3.63, 3.8) is 0 Å². The topological polar surface area (TPSA) is 200 Å². The first-order valence-corrected chi connectivity index (χ1v) is 21.2. The van der Waals surface area contributed by atoms with Crippen LogP contribution in [-0.4, -0.2) is 62.6 Å². The molecule has 54 heavy (non-hydrogen) atoms. The zero-order valence-electron chi connectivity index (χ0n) is 31.8. The Labute approximate surface area is 319 Å². The summed E-state index contributed by atoms with van der Waals surface area (Å²) in [6.07, 6.45) is 22.7. The molecule has 0 saturated carbocycles. The van der Waals surface area contributed by atoms with Crippen molar-refractivity contribution in [1.29, 1.82) is 10.5 Å². The van der Waals surface area contributed by atoms with Crippen LogP contribution in [0, 0.1) is 22.7 Å². The van der Waals surface area contributed by atoms with E-state index in [1.807, 2.05) is 6.07 Å². The van der Waals surface area contributed by atoms with E-state index in [-0.39, 0.29) is 25.3 Å². The molecule has 0 aliphatic carbocycles. The number of phosphoric ester groups is 1. The summed E-state index contributed by atoms with van der Waals surface area (Å²) in [6.45, 7) is 2.03. The number of unbranched alkanes of at least 4 members (excludes halogenated alkanes) is 15. The van der Waals surface area contributed by atoms with Crippen LogP contribution in [0.15, 0.2) is 36.8 Å².